The summed E-state index contributed by atoms with van der Waals surface area (Å²) in [5.41, 5.74) is 8.33. The van der Waals surface area contributed by atoms with Crippen LogP contribution in [-0.2, 0) is 22.6 Å². The molecule has 0 bridgehead atoms. The van der Waals surface area contributed by atoms with E-state index in [4.69, 9.17) is 25.6 Å². The molecule has 0 radical (unpaired) electrons. The molecule has 38 heavy (non-hydrogen) atoms. The number of carboxylic acids is 1. The molecule has 1 heterocycles. The summed E-state index contributed by atoms with van der Waals surface area (Å²) in [7, 11) is 0. The van der Waals surface area contributed by atoms with Crippen molar-refractivity contribution in [2.24, 2.45) is 5.73 Å². The molecule has 3 rings (SSSR count). The molecule has 0 fully saturated rings. The van der Waals surface area contributed by atoms with Gasteiger partial charge in [0.2, 0.25) is 5.91 Å². The second-order valence-electron chi connectivity index (χ2n) is 7.49. The number of hydrogen-bond acceptors (Lipinski definition) is 8. The molecule has 11 nitrogen and oxygen atoms in total. The van der Waals surface area contributed by atoms with Gasteiger partial charge in [0.05, 0.1) is 28.3 Å². The molecule has 1 amide bonds. The van der Waals surface area contributed by atoms with Crippen LogP contribution in [-0.4, -0.2) is 39.1 Å². The van der Waals surface area contributed by atoms with Gasteiger partial charge in [0, 0.05) is 24.0 Å². The maximum atomic E-state index is 12.3. The van der Waals surface area contributed by atoms with Crippen molar-refractivity contribution in [1.82, 2.24) is 4.98 Å². The summed E-state index contributed by atoms with van der Waals surface area (Å²) in [6.07, 6.45) is -3.39. The summed E-state index contributed by atoms with van der Waals surface area (Å²) in [5.74, 6) is -2.53. The molecule has 0 aliphatic rings. The van der Waals surface area contributed by atoms with E-state index in [-0.39, 0.29) is 18.2 Å². The number of aliphatic carboxylic acids is 1. The van der Waals surface area contributed by atoms with Crippen molar-refractivity contribution < 1.29 is 37.5 Å². The van der Waals surface area contributed by atoms with Crippen LogP contribution in [0.3, 0.4) is 0 Å². The van der Waals surface area contributed by atoms with Crippen molar-refractivity contribution in [2.75, 3.05) is 5.32 Å². The molecule has 198 valence electrons. The fraction of sp³-hybridized carbons (Fsp3) is 0.167. The number of carbonyl (C=O) groups is 2. The molecular weight excluding hydrogens is 511 g/mol. The number of aromatic nitrogens is 1. The summed E-state index contributed by atoms with van der Waals surface area (Å²) in [5, 5.41) is 29.5. The van der Waals surface area contributed by atoms with Gasteiger partial charge in [-0.25, -0.2) is 4.79 Å². The Labute approximate surface area is 213 Å². The van der Waals surface area contributed by atoms with Gasteiger partial charge in [-0.05, 0) is 48.4 Å². The van der Waals surface area contributed by atoms with Crippen LogP contribution in [0.4, 0.5) is 24.5 Å². The smallest absolute Gasteiger partial charge is 0.487 e. The normalized spacial score (nSPS) is 11.2. The number of carboxylic acid groups (broad SMARTS) is 1. The second-order valence-corrected chi connectivity index (χ2v) is 7.49. The van der Waals surface area contributed by atoms with Crippen LogP contribution in [0, 0.1) is 21.4 Å². The lowest BCUT2D eigenvalue weighted by atomic mass is 10.1. The van der Waals surface area contributed by atoms with Crippen molar-refractivity contribution in [1.29, 1.82) is 5.26 Å². The average molecular weight is 531 g/mol. The van der Waals surface area contributed by atoms with Crippen LogP contribution in [0.1, 0.15) is 16.8 Å². The van der Waals surface area contributed by atoms with Crippen molar-refractivity contribution in [3.8, 4) is 11.8 Å². The van der Waals surface area contributed by atoms with Gasteiger partial charge in [-0.3, -0.25) is 19.9 Å². The van der Waals surface area contributed by atoms with Gasteiger partial charge in [-0.2, -0.15) is 18.4 Å². The maximum Gasteiger partial charge on any atom is 0.490 e. The first kappa shape index (κ1) is 29.2. The second kappa shape index (κ2) is 13.3. The topological polar surface area (TPSA) is 181 Å². The van der Waals surface area contributed by atoms with Crippen LogP contribution in [0.15, 0.2) is 66.9 Å². The highest BCUT2D eigenvalue weighted by Gasteiger charge is 2.38. The number of ether oxygens (including phenoxy) is 1. The maximum absolute atomic E-state index is 12.3. The first-order valence-corrected chi connectivity index (χ1v) is 10.6. The Morgan fingerprint density at radius 2 is 1.76 bits per heavy atom. The SMILES string of the molecule is N#Cc1ccc(NC(=O)[C@@H](N)Cc2ccc(OCc3cc([N+](=O)[O-])ccn3)cc2)cc1.O=C(O)C(F)(F)F. The Balaban J connectivity index is 0.000000638. The van der Waals surface area contributed by atoms with Crippen molar-refractivity contribution in [3.05, 3.63) is 93.8 Å². The molecule has 1 atom stereocenters. The highest BCUT2D eigenvalue weighted by atomic mass is 19.4. The lowest BCUT2D eigenvalue weighted by Crippen LogP contribution is -2.37. The standard InChI is InChI=1S/C22H19N5O4.C2HF3O2/c23-13-16-1-5-17(6-2-16)26-22(28)21(24)11-15-3-7-20(8-4-15)31-14-18-12-19(27(29)30)9-10-25-18;3-2(4,5)1(6)7/h1-10,12,21H,11,14,24H2,(H,26,28);(H,6,7)/t21-;/m0./s1. The van der Waals surface area contributed by atoms with Gasteiger partial charge < -0.3 is 20.9 Å². The highest BCUT2D eigenvalue weighted by Crippen LogP contribution is 2.17. The number of nitrogens with one attached hydrogen (secondary N) is 1. The van der Waals surface area contributed by atoms with E-state index in [0.717, 1.165) is 5.56 Å². The first-order valence-electron chi connectivity index (χ1n) is 10.6. The number of nitro groups is 1. The number of benzene rings is 2. The van der Waals surface area contributed by atoms with Gasteiger partial charge in [0.15, 0.2) is 0 Å². The number of alkyl halides is 3. The first-order chi connectivity index (χ1) is 17.9. The Morgan fingerprint density at radius 3 is 2.29 bits per heavy atom. The quantitative estimate of drug-likeness (QED) is 0.289. The van der Waals surface area contributed by atoms with E-state index >= 15 is 0 Å². The zero-order chi connectivity index (χ0) is 28.3. The van der Waals surface area contributed by atoms with Crippen LogP contribution in [0.2, 0.25) is 0 Å². The molecule has 0 saturated carbocycles. The van der Waals surface area contributed by atoms with E-state index in [1.54, 1.807) is 48.5 Å². The summed E-state index contributed by atoms with van der Waals surface area (Å²) in [6, 6.07) is 17.5. The van der Waals surface area contributed by atoms with Crippen molar-refractivity contribution in [2.45, 2.75) is 25.2 Å². The molecule has 4 N–H and O–H groups in total. The van der Waals surface area contributed by atoms with Crippen molar-refractivity contribution in [3.63, 3.8) is 0 Å². The Morgan fingerprint density at radius 1 is 1.16 bits per heavy atom. The highest BCUT2D eigenvalue weighted by molar-refractivity contribution is 5.94. The van der Waals surface area contributed by atoms with Gasteiger partial charge in [0.1, 0.15) is 12.4 Å². The predicted molar refractivity (Wildman–Crippen MR) is 127 cm³/mol. The summed E-state index contributed by atoms with van der Waals surface area (Å²) in [4.78, 5) is 35.6. The van der Waals surface area contributed by atoms with Crippen molar-refractivity contribution >= 4 is 23.3 Å². The molecule has 3 aromatic rings. The number of pyridine rings is 1. The number of amides is 1. The fourth-order valence-electron chi connectivity index (χ4n) is 2.75. The minimum absolute atomic E-state index is 0.0442. The number of hydrogen-bond donors (Lipinski definition) is 3. The van der Waals surface area contributed by atoms with Gasteiger partial charge in [-0.15, -0.1) is 0 Å². The number of rotatable bonds is 8. The number of nitriles is 1. The largest absolute Gasteiger partial charge is 0.490 e. The number of carbonyl (C=O) groups excluding carboxylic acids is 1. The van der Waals surface area contributed by atoms with E-state index in [1.807, 2.05) is 6.07 Å². The van der Waals surface area contributed by atoms with E-state index in [9.17, 15) is 28.1 Å². The lowest BCUT2D eigenvalue weighted by molar-refractivity contribution is -0.385. The third kappa shape index (κ3) is 9.55. The van der Waals surface area contributed by atoms with E-state index < -0.39 is 23.1 Å². The molecule has 2 aromatic carbocycles. The molecule has 0 unspecified atom stereocenters. The third-order valence-electron chi connectivity index (χ3n) is 4.64. The number of anilines is 1. The Kier molecular flexibility index (Phi) is 10.2. The van der Waals surface area contributed by atoms with Gasteiger partial charge >= 0.3 is 12.1 Å². The monoisotopic (exact) mass is 531 g/mol. The summed E-state index contributed by atoms with van der Waals surface area (Å²) < 4.78 is 37.3. The van der Waals surface area contributed by atoms with E-state index in [2.05, 4.69) is 10.3 Å². The number of halogens is 3. The van der Waals surface area contributed by atoms with Crippen LogP contribution in [0.5, 0.6) is 5.75 Å². The molecule has 14 heteroatoms. The minimum Gasteiger partial charge on any atom is -0.487 e. The molecule has 0 aliphatic heterocycles. The van der Waals surface area contributed by atoms with Gasteiger partial charge in [0.25, 0.3) is 5.69 Å². The van der Waals surface area contributed by atoms with Crippen LogP contribution >= 0.6 is 0 Å². The molecule has 0 spiro atoms. The van der Waals surface area contributed by atoms with Gasteiger partial charge in [-0.1, -0.05) is 12.1 Å². The molecule has 1 aromatic heterocycles. The Bertz CT molecular complexity index is 1310. The predicted octanol–water partition coefficient (Wildman–Crippen LogP) is 3.58. The van der Waals surface area contributed by atoms with E-state index in [0.29, 0.717) is 29.1 Å². The van der Waals surface area contributed by atoms with Crippen LogP contribution < -0.4 is 15.8 Å². The zero-order valence-electron chi connectivity index (χ0n) is 19.4. The fourth-order valence-corrected chi connectivity index (χ4v) is 2.75. The molecule has 0 saturated heterocycles. The lowest BCUT2D eigenvalue weighted by Gasteiger charge is -2.13. The average Bonchev–Trinajstić information content (AvgIpc) is 2.88. The number of nitrogens with two attached hydrogens (primary N) is 1. The van der Waals surface area contributed by atoms with E-state index in [1.165, 1.54) is 18.3 Å². The molecule has 0 aliphatic carbocycles. The summed E-state index contributed by atoms with van der Waals surface area (Å²) in [6.45, 7) is 0.0908. The number of nitrogens with zero attached hydrogens (tertiary/aromatic N) is 3. The Hall–Kier alpha value is -5.03. The zero-order valence-corrected chi connectivity index (χ0v) is 19.4. The summed E-state index contributed by atoms with van der Waals surface area (Å²) >= 11 is 0. The third-order valence-corrected chi connectivity index (χ3v) is 4.64. The van der Waals surface area contributed by atoms with Crippen LogP contribution in [0.25, 0.3) is 0 Å². The molecular formula is C24H20F3N5O6. The minimum atomic E-state index is -5.08.